The molecule has 5 nitrogen and oxygen atoms in total. The van der Waals surface area contributed by atoms with Crippen molar-refractivity contribution in [3.8, 4) is 0 Å². The van der Waals surface area contributed by atoms with E-state index in [1.165, 1.54) is 6.07 Å². The van der Waals surface area contributed by atoms with Gasteiger partial charge in [0.1, 0.15) is 0 Å². The second-order valence-corrected chi connectivity index (χ2v) is 5.70. The van der Waals surface area contributed by atoms with E-state index in [-0.39, 0.29) is 11.1 Å². The molecular formula is C11H11NO4S. The maximum atomic E-state index is 11.8. The lowest BCUT2D eigenvalue weighted by Gasteiger charge is -2.09. The van der Waals surface area contributed by atoms with Gasteiger partial charge in [-0.15, -0.1) is 0 Å². The van der Waals surface area contributed by atoms with Gasteiger partial charge in [-0.1, -0.05) is 13.0 Å². The van der Waals surface area contributed by atoms with Crippen molar-refractivity contribution in [2.45, 2.75) is 13.3 Å². The van der Waals surface area contributed by atoms with Crippen molar-refractivity contribution in [2.24, 2.45) is 0 Å². The van der Waals surface area contributed by atoms with E-state index in [9.17, 15) is 18.0 Å². The molecule has 2 amide bonds. The van der Waals surface area contributed by atoms with Crippen molar-refractivity contribution in [3.63, 3.8) is 0 Å². The molecule has 0 radical (unpaired) electrons. The molecule has 0 aliphatic carbocycles. The Kier molecular flexibility index (Phi) is 2.54. The Balaban J connectivity index is 2.61. The summed E-state index contributed by atoms with van der Waals surface area (Å²) in [5.41, 5.74) is 1.21. The molecule has 0 saturated heterocycles. The molecule has 90 valence electrons. The van der Waals surface area contributed by atoms with Crippen LogP contribution >= 0.6 is 0 Å². The number of carbonyl (C=O) groups is 2. The zero-order chi connectivity index (χ0) is 12.8. The lowest BCUT2D eigenvalue weighted by Crippen LogP contribution is -2.35. The summed E-state index contributed by atoms with van der Waals surface area (Å²) in [6.07, 6.45) is 1.56. The van der Waals surface area contributed by atoms with Crippen molar-refractivity contribution in [1.29, 1.82) is 0 Å². The molecule has 2 rings (SSSR count). The van der Waals surface area contributed by atoms with Crippen LogP contribution < -0.4 is 0 Å². The molecule has 0 saturated carbocycles. The highest BCUT2D eigenvalue weighted by Crippen LogP contribution is 2.25. The van der Waals surface area contributed by atoms with Gasteiger partial charge in [-0.2, -0.15) is 4.31 Å². The lowest BCUT2D eigenvalue weighted by atomic mass is 10.0. The normalized spacial score (nSPS) is 15.3. The SMILES string of the molecule is CCc1ccc2c(c1)C(=O)N(S(C)(=O)=O)C2=O. The molecule has 1 aliphatic rings. The van der Waals surface area contributed by atoms with Crippen LogP contribution in [0.3, 0.4) is 0 Å². The van der Waals surface area contributed by atoms with E-state index in [4.69, 9.17) is 0 Å². The molecule has 6 heteroatoms. The van der Waals surface area contributed by atoms with E-state index in [0.717, 1.165) is 11.8 Å². The molecule has 0 bridgehead atoms. The van der Waals surface area contributed by atoms with Crippen LogP contribution in [0.5, 0.6) is 0 Å². The second-order valence-electron chi connectivity index (χ2n) is 3.87. The number of nitrogens with zero attached hydrogens (tertiary/aromatic N) is 1. The summed E-state index contributed by atoms with van der Waals surface area (Å²) in [4.78, 5) is 23.6. The zero-order valence-electron chi connectivity index (χ0n) is 9.43. The Morgan fingerprint density at radius 2 is 1.71 bits per heavy atom. The first kappa shape index (κ1) is 11.8. The largest absolute Gasteiger partial charge is 0.275 e. The second kappa shape index (κ2) is 3.66. The predicted molar refractivity (Wildman–Crippen MR) is 61.2 cm³/mol. The van der Waals surface area contributed by atoms with E-state index in [1.54, 1.807) is 12.1 Å². The van der Waals surface area contributed by atoms with Crippen molar-refractivity contribution < 1.29 is 18.0 Å². The van der Waals surface area contributed by atoms with Crippen LogP contribution in [0.4, 0.5) is 0 Å². The highest BCUT2D eigenvalue weighted by molar-refractivity contribution is 7.89. The monoisotopic (exact) mass is 253 g/mol. The van der Waals surface area contributed by atoms with E-state index in [2.05, 4.69) is 0 Å². The van der Waals surface area contributed by atoms with Gasteiger partial charge in [0, 0.05) is 0 Å². The van der Waals surface area contributed by atoms with Gasteiger partial charge in [-0.05, 0) is 24.1 Å². The summed E-state index contributed by atoms with van der Waals surface area (Å²) in [6.45, 7) is 1.91. The first-order valence-electron chi connectivity index (χ1n) is 5.08. The third kappa shape index (κ3) is 1.74. The number of fused-ring (bicyclic) bond motifs is 1. The van der Waals surface area contributed by atoms with Crippen LogP contribution in [0.1, 0.15) is 33.2 Å². The van der Waals surface area contributed by atoms with E-state index < -0.39 is 21.8 Å². The molecule has 1 aromatic carbocycles. The van der Waals surface area contributed by atoms with E-state index in [1.807, 2.05) is 6.92 Å². The highest BCUT2D eigenvalue weighted by atomic mass is 32.2. The fourth-order valence-corrected chi connectivity index (χ4v) is 2.59. The van der Waals surface area contributed by atoms with Gasteiger partial charge >= 0.3 is 0 Å². The molecule has 0 N–H and O–H groups in total. The number of hydrogen-bond donors (Lipinski definition) is 0. The molecule has 0 atom stereocenters. The van der Waals surface area contributed by atoms with Crippen molar-refractivity contribution in [1.82, 2.24) is 4.31 Å². The van der Waals surface area contributed by atoms with Crippen molar-refractivity contribution >= 4 is 21.8 Å². The predicted octanol–water partition coefficient (Wildman–Crippen LogP) is 0.805. The number of rotatable bonds is 2. The number of hydrogen-bond acceptors (Lipinski definition) is 4. The van der Waals surface area contributed by atoms with Gasteiger partial charge in [0.15, 0.2) is 0 Å². The number of benzene rings is 1. The number of sulfonamides is 1. The van der Waals surface area contributed by atoms with Crippen molar-refractivity contribution in [3.05, 3.63) is 34.9 Å². The van der Waals surface area contributed by atoms with Gasteiger partial charge in [0.25, 0.3) is 11.8 Å². The molecular weight excluding hydrogens is 242 g/mol. The number of amides is 2. The summed E-state index contributed by atoms with van der Waals surface area (Å²) >= 11 is 0. The van der Waals surface area contributed by atoms with Gasteiger partial charge in [0.2, 0.25) is 10.0 Å². The number of carbonyl (C=O) groups excluding carboxylic acids is 2. The Bertz CT molecular complexity index is 618. The average Bonchev–Trinajstić information content (AvgIpc) is 2.50. The molecule has 0 fully saturated rings. The Labute approximate surface area is 99.1 Å². The van der Waals surface area contributed by atoms with Crippen LogP contribution in [0.15, 0.2) is 18.2 Å². The Hall–Kier alpha value is -1.69. The zero-order valence-corrected chi connectivity index (χ0v) is 10.2. The van der Waals surface area contributed by atoms with Gasteiger partial charge in [-0.3, -0.25) is 9.59 Å². The molecule has 0 unspecified atom stereocenters. The maximum absolute atomic E-state index is 11.8. The Morgan fingerprint density at radius 3 is 2.24 bits per heavy atom. The van der Waals surface area contributed by atoms with Gasteiger partial charge < -0.3 is 0 Å². The smallest absolute Gasteiger partial charge is 0.267 e. The maximum Gasteiger partial charge on any atom is 0.275 e. The summed E-state index contributed by atoms with van der Waals surface area (Å²) < 4.78 is 23.0. The third-order valence-corrected chi connectivity index (χ3v) is 3.65. The standard InChI is InChI=1S/C11H11NO4S/c1-3-7-4-5-8-9(6-7)11(14)12(10(8)13)17(2,15)16/h4-6H,3H2,1-2H3. The quantitative estimate of drug-likeness (QED) is 0.731. The fraction of sp³-hybridized carbons (Fsp3) is 0.273. The van der Waals surface area contributed by atoms with E-state index in [0.29, 0.717) is 10.7 Å². The van der Waals surface area contributed by atoms with Gasteiger partial charge in [-0.25, -0.2) is 8.42 Å². The topological polar surface area (TPSA) is 71.5 Å². The molecule has 0 spiro atoms. The highest BCUT2D eigenvalue weighted by Gasteiger charge is 2.41. The lowest BCUT2D eigenvalue weighted by molar-refractivity contribution is 0.0766. The Morgan fingerprint density at radius 1 is 1.12 bits per heavy atom. The summed E-state index contributed by atoms with van der Waals surface area (Å²) in [6, 6.07) is 4.79. The minimum atomic E-state index is -3.85. The molecule has 1 aromatic rings. The number of imide groups is 1. The first-order valence-corrected chi connectivity index (χ1v) is 6.93. The van der Waals surface area contributed by atoms with Crippen LogP contribution in [0.25, 0.3) is 0 Å². The van der Waals surface area contributed by atoms with Gasteiger partial charge in [0.05, 0.1) is 17.4 Å². The molecule has 17 heavy (non-hydrogen) atoms. The fourth-order valence-electron chi connectivity index (χ4n) is 1.79. The molecule has 1 heterocycles. The average molecular weight is 253 g/mol. The number of aryl methyl sites for hydroxylation is 1. The van der Waals surface area contributed by atoms with Crippen LogP contribution in [-0.4, -0.2) is 30.8 Å². The summed E-state index contributed by atoms with van der Waals surface area (Å²) in [7, 11) is -3.85. The van der Waals surface area contributed by atoms with E-state index >= 15 is 0 Å². The van der Waals surface area contributed by atoms with Crippen LogP contribution in [-0.2, 0) is 16.4 Å². The molecule has 1 aliphatic heterocycles. The third-order valence-electron chi connectivity index (χ3n) is 2.65. The van der Waals surface area contributed by atoms with Crippen LogP contribution in [0.2, 0.25) is 0 Å². The molecule has 0 aromatic heterocycles. The first-order chi connectivity index (χ1) is 7.86. The minimum Gasteiger partial charge on any atom is -0.267 e. The summed E-state index contributed by atoms with van der Waals surface area (Å²) in [5, 5.41) is 0. The van der Waals surface area contributed by atoms with Crippen molar-refractivity contribution in [2.75, 3.05) is 6.26 Å². The minimum absolute atomic E-state index is 0.151. The van der Waals surface area contributed by atoms with Crippen LogP contribution in [0, 0.1) is 0 Å². The summed E-state index contributed by atoms with van der Waals surface area (Å²) in [5.74, 6) is -1.53.